The Labute approximate surface area is 98.8 Å². The van der Waals surface area contributed by atoms with E-state index in [9.17, 15) is 9.59 Å². The largest absolute Gasteiger partial charge is 0.480 e. The number of para-hydroxylation sites is 1. The number of carboxylic acid groups (broad SMARTS) is 1. The Morgan fingerprint density at radius 1 is 1.47 bits per heavy atom. The van der Waals surface area contributed by atoms with Crippen LogP contribution in [0, 0.1) is 0 Å². The number of hydrogen-bond donors (Lipinski definition) is 3. The molecule has 2 atom stereocenters. The molecule has 1 aromatic rings. The summed E-state index contributed by atoms with van der Waals surface area (Å²) in [5, 5.41) is 14.2. The van der Waals surface area contributed by atoms with Gasteiger partial charge >= 0.3 is 5.97 Å². The van der Waals surface area contributed by atoms with Gasteiger partial charge in [-0.15, -0.1) is 0 Å². The number of rotatable bonds is 3. The quantitative estimate of drug-likeness (QED) is 0.716. The van der Waals surface area contributed by atoms with E-state index in [2.05, 4.69) is 10.6 Å². The third-order valence-electron chi connectivity index (χ3n) is 2.82. The van der Waals surface area contributed by atoms with Crippen LogP contribution in [-0.2, 0) is 16.0 Å². The molecule has 1 aliphatic rings. The maximum Gasteiger partial charge on any atom is 0.325 e. The zero-order valence-corrected chi connectivity index (χ0v) is 9.43. The van der Waals surface area contributed by atoms with Gasteiger partial charge in [-0.3, -0.25) is 9.59 Å². The predicted octanol–water partition coefficient (Wildman–Crippen LogP) is 0.612. The molecule has 0 aromatic heterocycles. The molecule has 2 rings (SSSR count). The molecule has 0 fully saturated rings. The molecule has 2 unspecified atom stereocenters. The molecule has 1 aliphatic heterocycles. The standard InChI is InChI=1S/C12H14N2O3/c1-7(12(16)17)13-11(15)10-6-8-4-2-3-5-9(8)14-10/h2-5,7,10,14H,6H2,1H3,(H,13,15)(H,16,17). The summed E-state index contributed by atoms with van der Waals surface area (Å²) in [5.74, 6) is -1.31. The zero-order valence-electron chi connectivity index (χ0n) is 9.43. The number of hydrogen-bond acceptors (Lipinski definition) is 3. The molecule has 5 nitrogen and oxygen atoms in total. The smallest absolute Gasteiger partial charge is 0.325 e. The van der Waals surface area contributed by atoms with E-state index < -0.39 is 12.0 Å². The van der Waals surface area contributed by atoms with Gasteiger partial charge in [-0.2, -0.15) is 0 Å². The minimum Gasteiger partial charge on any atom is -0.480 e. The van der Waals surface area contributed by atoms with Crippen molar-refractivity contribution in [2.75, 3.05) is 5.32 Å². The van der Waals surface area contributed by atoms with Crippen molar-refractivity contribution < 1.29 is 14.7 Å². The highest BCUT2D eigenvalue weighted by atomic mass is 16.4. The van der Waals surface area contributed by atoms with Crippen LogP contribution in [-0.4, -0.2) is 29.1 Å². The van der Waals surface area contributed by atoms with E-state index in [1.54, 1.807) is 0 Å². The van der Waals surface area contributed by atoms with Crippen LogP contribution in [0.3, 0.4) is 0 Å². The van der Waals surface area contributed by atoms with Gasteiger partial charge in [0.2, 0.25) is 5.91 Å². The average Bonchev–Trinajstić information content (AvgIpc) is 2.72. The third kappa shape index (κ3) is 2.38. The van der Waals surface area contributed by atoms with E-state index in [0.29, 0.717) is 6.42 Å². The van der Waals surface area contributed by atoms with Crippen molar-refractivity contribution in [3.05, 3.63) is 29.8 Å². The van der Waals surface area contributed by atoms with Crippen molar-refractivity contribution >= 4 is 17.6 Å². The maximum atomic E-state index is 11.8. The summed E-state index contributed by atoms with van der Waals surface area (Å²) in [7, 11) is 0. The van der Waals surface area contributed by atoms with Gasteiger partial charge in [0.15, 0.2) is 0 Å². The van der Waals surface area contributed by atoms with Crippen LogP contribution in [0.2, 0.25) is 0 Å². The third-order valence-corrected chi connectivity index (χ3v) is 2.82. The van der Waals surface area contributed by atoms with Gasteiger partial charge in [0.1, 0.15) is 12.1 Å². The number of aliphatic carboxylic acids is 1. The van der Waals surface area contributed by atoms with Crippen molar-refractivity contribution in [3.8, 4) is 0 Å². The van der Waals surface area contributed by atoms with Crippen LogP contribution in [0.1, 0.15) is 12.5 Å². The number of carboxylic acids is 1. The Morgan fingerprint density at radius 2 is 2.18 bits per heavy atom. The average molecular weight is 234 g/mol. The van der Waals surface area contributed by atoms with Gasteiger partial charge in [0.25, 0.3) is 0 Å². The molecular formula is C12H14N2O3. The fraction of sp³-hybridized carbons (Fsp3) is 0.333. The molecule has 0 radical (unpaired) electrons. The second kappa shape index (κ2) is 4.45. The molecule has 0 bridgehead atoms. The van der Waals surface area contributed by atoms with Crippen LogP contribution in [0.4, 0.5) is 5.69 Å². The Balaban J connectivity index is 1.99. The topological polar surface area (TPSA) is 78.4 Å². The molecule has 0 saturated carbocycles. The fourth-order valence-electron chi connectivity index (χ4n) is 1.83. The lowest BCUT2D eigenvalue weighted by Crippen LogP contribution is -2.45. The highest BCUT2D eigenvalue weighted by Crippen LogP contribution is 2.25. The second-order valence-corrected chi connectivity index (χ2v) is 4.13. The molecule has 1 amide bonds. The Kier molecular flexibility index (Phi) is 2.99. The first kappa shape index (κ1) is 11.4. The fourth-order valence-corrected chi connectivity index (χ4v) is 1.83. The molecule has 17 heavy (non-hydrogen) atoms. The Hall–Kier alpha value is -2.04. The van der Waals surface area contributed by atoms with Gasteiger partial charge in [-0.1, -0.05) is 18.2 Å². The number of amides is 1. The van der Waals surface area contributed by atoms with E-state index in [1.165, 1.54) is 6.92 Å². The monoisotopic (exact) mass is 234 g/mol. The van der Waals surface area contributed by atoms with Crippen LogP contribution < -0.4 is 10.6 Å². The minimum atomic E-state index is -1.03. The highest BCUT2D eigenvalue weighted by Gasteiger charge is 2.28. The first-order valence-electron chi connectivity index (χ1n) is 5.45. The molecule has 0 aliphatic carbocycles. The lowest BCUT2D eigenvalue weighted by Gasteiger charge is -2.14. The number of benzene rings is 1. The molecule has 1 aromatic carbocycles. The lowest BCUT2D eigenvalue weighted by molar-refractivity contribution is -0.141. The molecular weight excluding hydrogens is 220 g/mol. The minimum absolute atomic E-state index is 0.281. The molecule has 90 valence electrons. The molecule has 5 heteroatoms. The van der Waals surface area contributed by atoms with E-state index in [-0.39, 0.29) is 11.9 Å². The normalized spacial score (nSPS) is 19.0. The number of anilines is 1. The first-order valence-corrected chi connectivity index (χ1v) is 5.45. The summed E-state index contributed by atoms with van der Waals surface area (Å²) in [6.07, 6.45) is 0.592. The summed E-state index contributed by atoms with van der Waals surface area (Å²) in [6.45, 7) is 1.45. The summed E-state index contributed by atoms with van der Waals surface area (Å²) in [6, 6.07) is 6.42. The Bertz CT molecular complexity index is 434. The number of nitrogens with one attached hydrogen (secondary N) is 2. The molecule has 1 heterocycles. The lowest BCUT2D eigenvalue weighted by atomic mass is 10.1. The Morgan fingerprint density at radius 3 is 2.82 bits per heavy atom. The first-order chi connectivity index (χ1) is 8.08. The van der Waals surface area contributed by atoms with Crippen molar-refractivity contribution in [2.45, 2.75) is 25.4 Å². The van der Waals surface area contributed by atoms with Crippen LogP contribution in [0.5, 0.6) is 0 Å². The van der Waals surface area contributed by atoms with Crippen molar-refractivity contribution in [1.82, 2.24) is 5.32 Å². The summed E-state index contributed by atoms with van der Waals surface area (Å²) in [4.78, 5) is 22.4. The van der Waals surface area contributed by atoms with Gasteiger partial charge in [-0.05, 0) is 18.6 Å². The molecule has 0 spiro atoms. The van der Waals surface area contributed by atoms with Crippen molar-refractivity contribution in [1.29, 1.82) is 0 Å². The number of carbonyl (C=O) groups is 2. The maximum absolute atomic E-state index is 11.8. The van der Waals surface area contributed by atoms with Gasteiger partial charge in [0, 0.05) is 12.1 Å². The van der Waals surface area contributed by atoms with E-state index >= 15 is 0 Å². The summed E-state index contributed by atoms with van der Waals surface area (Å²) < 4.78 is 0. The summed E-state index contributed by atoms with van der Waals surface area (Å²) in [5.41, 5.74) is 2.02. The van der Waals surface area contributed by atoms with E-state index in [4.69, 9.17) is 5.11 Å². The molecule has 0 saturated heterocycles. The van der Waals surface area contributed by atoms with Crippen LogP contribution in [0.15, 0.2) is 24.3 Å². The van der Waals surface area contributed by atoms with E-state index in [1.807, 2.05) is 24.3 Å². The molecule has 3 N–H and O–H groups in total. The predicted molar refractivity (Wildman–Crippen MR) is 62.8 cm³/mol. The van der Waals surface area contributed by atoms with E-state index in [0.717, 1.165) is 11.3 Å². The number of carbonyl (C=O) groups excluding carboxylic acids is 1. The SMILES string of the molecule is CC(NC(=O)C1Cc2ccccc2N1)C(=O)O. The van der Waals surface area contributed by atoms with Crippen LogP contribution in [0.25, 0.3) is 0 Å². The van der Waals surface area contributed by atoms with Gasteiger partial charge < -0.3 is 15.7 Å². The second-order valence-electron chi connectivity index (χ2n) is 4.13. The van der Waals surface area contributed by atoms with Crippen LogP contribution >= 0.6 is 0 Å². The highest BCUT2D eigenvalue weighted by molar-refractivity contribution is 5.90. The van der Waals surface area contributed by atoms with Gasteiger partial charge in [0.05, 0.1) is 0 Å². The summed E-state index contributed by atoms with van der Waals surface area (Å²) >= 11 is 0. The number of fused-ring (bicyclic) bond motifs is 1. The van der Waals surface area contributed by atoms with Crippen molar-refractivity contribution in [3.63, 3.8) is 0 Å². The zero-order chi connectivity index (χ0) is 12.4. The van der Waals surface area contributed by atoms with Gasteiger partial charge in [-0.25, -0.2) is 0 Å². The van der Waals surface area contributed by atoms with Crippen molar-refractivity contribution in [2.24, 2.45) is 0 Å².